The van der Waals surface area contributed by atoms with Crippen molar-refractivity contribution in [3.63, 3.8) is 0 Å². The van der Waals surface area contributed by atoms with E-state index in [1.54, 1.807) is 0 Å². The van der Waals surface area contributed by atoms with Gasteiger partial charge in [0.05, 0.1) is 21.5 Å². The Hall–Kier alpha value is -1.92. The predicted molar refractivity (Wildman–Crippen MR) is 93.1 cm³/mol. The van der Waals surface area contributed by atoms with Crippen LogP contribution in [0.15, 0.2) is 42.5 Å². The molecule has 2 aromatic rings. The lowest BCUT2D eigenvalue weighted by Gasteiger charge is -2.18. The fraction of sp³-hybridized carbons (Fsp3) is 0.118. The van der Waals surface area contributed by atoms with Crippen LogP contribution in [0.4, 0.5) is 13.2 Å². The molecule has 0 amide bonds. The van der Waals surface area contributed by atoms with Crippen molar-refractivity contribution >= 4 is 48.6 Å². The van der Waals surface area contributed by atoms with E-state index in [2.05, 4.69) is 0 Å². The standard InChI is InChI=1S/C17H10BCl2F3O2/c18-13-7-9(1-4-11(13)16(24)25)2-5-12(17(21,22)23)10-3-6-14(19)15(20)8-10/h1-8,12H,(H,24,25)/b5-2+. The van der Waals surface area contributed by atoms with Gasteiger partial charge in [0.25, 0.3) is 0 Å². The molecule has 8 heteroatoms. The first-order valence-electron chi connectivity index (χ1n) is 6.92. The van der Waals surface area contributed by atoms with E-state index in [9.17, 15) is 18.0 Å². The molecule has 0 heterocycles. The van der Waals surface area contributed by atoms with Gasteiger partial charge in [-0.05, 0) is 29.3 Å². The lowest BCUT2D eigenvalue weighted by atomic mass is 9.88. The second kappa shape index (κ2) is 7.54. The van der Waals surface area contributed by atoms with Crippen molar-refractivity contribution in [1.82, 2.24) is 0 Å². The van der Waals surface area contributed by atoms with Gasteiger partial charge < -0.3 is 5.11 Å². The van der Waals surface area contributed by atoms with Gasteiger partial charge in [-0.2, -0.15) is 13.2 Å². The zero-order valence-corrected chi connectivity index (χ0v) is 14.0. The van der Waals surface area contributed by atoms with Crippen LogP contribution in [0.3, 0.4) is 0 Å². The van der Waals surface area contributed by atoms with E-state index in [1.165, 1.54) is 36.4 Å². The quantitative estimate of drug-likeness (QED) is 0.765. The molecule has 1 unspecified atom stereocenters. The molecule has 128 valence electrons. The van der Waals surface area contributed by atoms with Gasteiger partial charge in [-0.1, -0.05) is 59.0 Å². The number of hydrogen-bond acceptors (Lipinski definition) is 1. The molecule has 0 saturated heterocycles. The summed E-state index contributed by atoms with van der Waals surface area (Å²) in [6, 6.07) is 7.61. The van der Waals surface area contributed by atoms with Crippen molar-refractivity contribution in [2.45, 2.75) is 12.1 Å². The number of hydrogen-bond donors (Lipinski definition) is 1. The molecular formula is C17H10BCl2F3O2. The zero-order valence-electron chi connectivity index (χ0n) is 12.5. The molecule has 1 N–H and O–H groups in total. The van der Waals surface area contributed by atoms with E-state index in [0.29, 0.717) is 5.56 Å². The van der Waals surface area contributed by atoms with Crippen molar-refractivity contribution in [1.29, 1.82) is 0 Å². The molecular weight excluding hydrogens is 375 g/mol. The minimum Gasteiger partial charge on any atom is -0.478 e. The summed E-state index contributed by atoms with van der Waals surface area (Å²) in [5.74, 6) is -3.11. The summed E-state index contributed by atoms with van der Waals surface area (Å²) in [4.78, 5) is 10.9. The van der Waals surface area contributed by atoms with Crippen molar-refractivity contribution in [2.24, 2.45) is 0 Å². The highest BCUT2D eigenvalue weighted by atomic mass is 35.5. The summed E-state index contributed by atoms with van der Waals surface area (Å²) >= 11 is 11.5. The van der Waals surface area contributed by atoms with Crippen LogP contribution in [-0.2, 0) is 0 Å². The summed E-state index contributed by atoms with van der Waals surface area (Å²) in [6.45, 7) is 0. The Morgan fingerprint density at radius 2 is 1.80 bits per heavy atom. The third-order valence-electron chi connectivity index (χ3n) is 3.44. The minimum absolute atomic E-state index is 0.0249. The highest BCUT2D eigenvalue weighted by Crippen LogP contribution is 2.38. The largest absolute Gasteiger partial charge is 0.478 e. The minimum atomic E-state index is -4.54. The third kappa shape index (κ3) is 4.80. The Labute approximate surface area is 153 Å². The lowest BCUT2D eigenvalue weighted by Crippen LogP contribution is -2.19. The van der Waals surface area contributed by atoms with Crippen LogP contribution in [0.25, 0.3) is 6.08 Å². The first-order chi connectivity index (χ1) is 11.6. The monoisotopic (exact) mass is 384 g/mol. The number of benzene rings is 2. The highest BCUT2D eigenvalue weighted by molar-refractivity contribution is 6.42. The van der Waals surface area contributed by atoms with Gasteiger partial charge in [-0.3, -0.25) is 0 Å². The molecule has 0 fully saturated rings. The molecule has 0 aliphatic rings. The van der Waals surface area contributed by atoms with Crippen LogP contribution in [0.2, 0.25) is 10.0 Å². The summed E-state index contributed by atoms with van der Waals surface area (Å²) < 4.78 is 40.1. The predicted octanol–water partition coefficient (Wildman–Crippen LogP) is 4.84. The van der Waals surface area contributed by atoms with Crippen molar-refractivity contribution in [2.75, 3.05) is 0 Å². The number of carbonyl (C=O) groups is 1. The van der Waals surface area contributed by atoms with Gasteiger partial charge in [0, 0.05) is 0 Å². The summed E-state index contributed by atoms with van der Waals surface area (Å²) in [5, 5.41) is 9.09. The zero-order chi connectivity index (χ0) is 18.8. The summed E-state index contributed by atoms with van der Waals surface area (Å²) in [5.41, 5.74) is 0.131. The van der Waals surface area contributed by atoms with Gasteiger partial charge in [0.1, 0.15) is 7.85 Å². The maximum Gasteiger partial charge on any atom is 0.399 e. The van der Waals surface area contributed by atoms with Crippen molar-refractivity contribution in [3.8, 4) is 0 Å². The number of aromatic carboxylic acids is 1. The van der Waals surface area contributed by atoms with Crippen LogP contribution in [0.1, 0.15) is 27.4 Å². The topological polar surface area (TPSA) is 37.3 Å². The van der Waals surface area contributed by atoms with Crippen LogP contribution in [-0.4, -0.2) is 25.1 Å². The first-order valence-corrected chi connectivity index (χ1v) is 7.68. The molecule has 0 bridgehead atoms. The molecule has 2 aromatic carbocycles. The number of halogens is 5. The van der Waals surface area contributed by atoms with Crippen molar-refractivity contribution < 1.29 is 23.1 Å². The van der Waals surface area contributed by atoms with Gasteiger partial charge in [-0.15, -0.1) is 0 Å². The average molecular weight is 385 g/mol. The molecule has 0 aliphatic heterocycles. The molecule has 1 atom stereocenters. The fourth-order valence-electron chi connectivity index (χ4n) is 2.20. The van der Waals surface area contributed by atoms with E-state index in [0.717, 1.165) is 12.1 Å². The van der Waals surface area contributed by atoms with Crippen LogP contribution < -0.4 is 5.46 Å². The fourth-order valence-corrected chi connectivity index (χ4v) is 2.51. The van der Waals surface area contributed by atoms with Crippen LogP contribution >= 0.6 is 23.2 Å². The molecule has 25 heavy (non-hydrogen) atoms. The average Bonchev–Trinajstić information content (AvgIpc) is 2.49. The van der Waals surface area contributed by atoms with Gasteiger partial charge >= 0.3 is 12.1 Å². The molecule has 0 spiro atoms. The molecule has 0 saturated carbocycles. The number of allylic oxidation sites excluding steroid dienone is 1. The number of alkyl halides is 3. The molecule has 0 aliphatic carbocycles. The van der Waals surface area contributed by atoms with Crippen LogP contribution in [0, 0.1) is 0 Å². The lowest BCUT2D eigenvalue weighted by molar-refractivity contribution is -0.139. The smallest absolute Gasteiger partial charge is 0.399 e. The number of carboxylic acid groups (broad SMARTS) is 1. The first kappa shape index (κ1) is 19.4. The highest BCUT2D eigenvalue weighted by Gasteiger charge is 2.39. The Kier molecular flexibility index (Phi) is 5.85. The molecule has 2 nitrogen and oxygen atoms in total. The maximum absolute atomic E-state index is 13.4. The van der Waals surface area contributed by atoms with Gasteiger partial charge in [-0.25, -0.2) is 4.79 Å². The van der Waals surface area contributed by atoms with E-state index >= 15 is 0 Å². The second-order valence-corrected chi connectivity index (χ2v) is 6.02. The molecule has 2 rings (SSSR count). The Morgan fingerprint density at radius 3 is 2.32 bits per heavy atom. The summed E-state index contributed by atoms with van der Waals surface area (Å²) in [6.07, 6.45) is -2.36. The maximum atomic E-state index is 13.4. The molecule has 2 radical (unpaired) electrons. The molecule has 0 aromatic heterocycles. The Balaban J connectivity index is 2.37. The number of rotatable bonds is 4. The van der Waals surface area contributed by atoms with Crippen molar-refractivity contribution in [3.05, 3.63) is 69.2 Å². The normalized spacial score (nSPS) is 13.2. The third-order valence-corrected chi connectivity index (χ3v) is 4.18. The van der Waals surface area contributed by atoms with Gasteiger partial charge in [0.2, 0.25) is 0 Å². The van der Waals surface area contributed by atoms with Gasteiger partial charge in [0.15, 0.2) is 0 Å². The van der Waals surface area contributed by atoms with E-state index < -0.39 is 18.1 Å². The Bertz CT molecular complexity index is 835. The van der Waals surface area contributed by atoms with E-state index in [4.69, 9.17) is 36.2 Å². The summed E-state index contributed by atoms with van der Waals surface area (Å²) in [7, 11) is 5.59. The second-order valence-electron chi connectivity index (χ2n) is 5.20. The SMILES string of the molecule is [B]c1cc(/C=C/C(c2ccc(Cl)c(Cl)c2)C(F)(F)F)ccc1C(=O)O. The van der Waals surface area contributed by atoms with Crippen LogP contribution in [0.5, 0.6) is 0 Å². The Morgan fingerprint density at radius 1 is 1.12 bits per heavy atom. The number of carboxylic acids is 1. The van der Waals surface area contributed by atoms with E-state index in [-0.39, 0.29) is 26.6 Å². The van der Waals surface area contributed by atoms with E-state index in [1.807, 2.05) is 0 Å².